The number of allylic oxidation sites excluding steroid dienone is 1. The normalized spacial score (nSPS) is 11.0. The third-order valence-corrected chi connectivity index (χ3v) is 7.27. The molecule has 0 spiro atoms. The number of unbranched alkanes of at least 4 members (excludes halogenated alkanes) is 1. The fourth-order valence-electron chi connectivity index (χ4n) is 4.32. The summed E-state index contributed by atoms with van der Waals surface area (Å²) in [5.41, 5.74) is 5.51. The van der Waals surface area contributed by atoms with Crippen LogP contribution in [-0.2, 0) is 23.8 Å². The number of aryl methyl sites for hydroxylation is 4. The molecule has 3 aromatic rings. The maximum Gasteiger partial charge on any atom is 0.416 e. The number of anilines is 2. The number of alkyl halides is 3. The molecule has 0 fully saturated rings. The van der Waals surface area contributed by atoms with E-state index in [1.54, 1.807) is 19.3 Å². The summed E-state index contributed by atoms with van der Waals surface area (Å²) in [6, 6.07) is 13.1. The van der Waals surface area contributed by atoms with Crippen molar-refractivity contribution in [3.8, 4) is 0 Å². The van der Waals surface area contributed by atoms with Gasteiger partial charge in [-0.25, -0.2) is 0 Å². The summed E-state index contributed by atoms with van der Waals surface area (Å²) in [6.07, 6.45) is 6.75. The van der Waals surface area contributed by atoms with Crippen molar-refractivity contribution < 1.29 is 22.8 Å². The number of halogens is 3. The molecule has 256 valence electrons. The van der Waals surface area contributed by atoms with Gasteiger partial charge in [-0.05, 0) is 105 Å². The molecular formula is C38H51F3N4O2. The molecule has 2 amide bonds. The number of pyridine rings is 1. The van der Waals surface area contributed by atoms with Gasteiger partial charge in [0.2, 0.25) is 6.41 Å². The lowest BCUT2D eigenvalue weighted by molar-refractivity contribution is -0.137. The predicted molar refractivity (Wildman–Crippen MR) is 189 cm³/mol. The maximum atomic E-state index is 13.6. The summed E-state index contributed by atoms with van der Waals surface area (Å²) < 4.78 is 40.7. The second-order valence-corrected chi connectivity index (χ2v) is 11.5. The second-order valence-electron chi connectivity index (χ2n) is 11.5. The SMILES string of the molecule is C=CN(/C=C(/C)C(C)C)c1cc(C(=O)Nc2ccc(CCC)c(C)c2)cc(C(F)(F)F)c1.CCCCc1ccnc(C)c1.CNC=O. The molecule has 0 saturated heterocycles. The minimum Gasteiger partial charge on any atom is -0.362 e. The summed E-state index contributed by atoms with van der Waals surface area (Å²) in [6.45, 7) is 17.9. The Hall–Kier alpha value is -4.40. The number of aromatic nitrogens is 1. The fraction of sp³-hybridized carbons (Fsp3) is 0.395. The third-order valence-electron chi connectivity index (χ3n) is 7.27. The van der Waals surface area contributed by atoms with Crippen LogP contribution in [0.25, 0.3) is 0 Å². The molecule has 6 nitrogen and oxygen atoms in total. The van der Waals surface area contributed by atoms with Crippen LogP contribution in [0.5, 0.6) is 0 Å². The highest BCUT2D eigenvalue weighted by Gasteiger charge is 2.32. The van der Waals surface area contributed by atoms with Crippen molar-refractivity contribution in [3.63, 3.8) is 0 Å². The highest BCUT2D eigenvalue weighted by molar-refractivity contribution is 6.05. The van der Waals surface area contributed by atoms with E-state index in [2.05, 4.69) is 48.2 Å². The molecule has 0 aliphatic carbocycles. The smallest absolute Gasteiger partial charge is 0.362 e. The van der Waals surface area contributed by atoms with Crippen molar-refractivity contribution in [3.05, 3.63) is 113 Å². The number of rotatable bonds is 12. The number of nitrogens with zero attached hydrogens (tertiary/aromatic N) is 2. The van der Waals surface area contributed by atoms with E-state index >= 15 is 0 Å². The van der Waals surface area contributed by atoms with Gasteiger partial charge in [0, 0.05) is 48.3 Å². The van der Waals surface area contributed by atoms with E-state index < -0.39 is 17.6 Å². The van der Waals surface area contributed by atoms with E-state index in [-0.39, 0.29) is 17.2 Å². The minimum atomic E-state index is -4.59. The maximum absolute atomic E-state index is 13.6. The lowest BCUT2D eigenvalue weighted by Gasteiger charge is -2.21. The quantitative estimate of drug-likeness (QED) is 0.191. The summed E-state index contributed by atoms with van der Waals surface area (Å²) in [5.74, 6) is -0.390. The number of hydrogen-bond donors (Lipinski definition) is 2. The molecule has 3 rings (SSSR count). The standard InChI is InChI=1S/C26H31F3N2O.C10H15N.C2H5NO/c1-7-9-20-10-11-23(12-18(20)5)30-25(32)21-13-22(26(27,28)29)15-24(14-21)31(8-2)16-19(6)17(3)4;1-3-4-5-10-6-7-11-9(2)8-10;1-3-2-4/h8,10-17H,2,7,9H2,1,3-6H3,(H,30,32);6-8H,3-5H2,1-2H3;2H,1H3,(H,3,4)/b19-16-;;. The molecular weight excluding hydrogens is 601 g/mol. The zero-order valence-electron chi connectivity index (χ0n) is 29.1. The first-order valence-electron chi connectivity index (χ1n) is 15.9. The highest BCUT2D eigenvalue weighted by Crippen LogP contribution is 2.34. The van der Waals surface area contributed by atoms with Crippen LogP contribution in [0.2, 0.25) is 0 Å². The first kappa shape index (κ1) is 40.6. The van der Waals surface area contributed by atoms with Crippen LogP contribution in [0.3, 0.4) is 0 Å². The molecule has 0 aliphatic heterocycles. The predicted octanol–water partition coefficient (Wildman–Crippen LogP) is 9.82. The van der Waals surface area contributed by atoms with E-state index in [1.165, 1.54) is 47.6 Å². The van der Waals surface area contributed by atoms with E-state index in [0.717, 1.165) is 41.8 Å². The molecule has 0 atom stereocenters. The number of nitrogens with one attached hydrogen (secondary N) is 2. The molecule has 9 heteroatoms. The zero-order chi connectivity index (χ0) is 35.6. The van der Waals surface area contributed by atoms with Gasteiger partial charge in [0.25, 0.3) is 5.91 Å². The number of carbonyl (C=O) groups is 2. The first-order valence-corrected chi connectivity index (χ1v) is 15.9. The lowest BCUT2D eigenvalue weighted by Crippen LogP contribution is -2.17. The van der Waals surface area contributed by atoms with Crippen molar-refractivity contribution in [1.82, 2.24) is 10.3 Å². The van der Waals surface area contributed by atoms with Gasteiger partial charge in [-0.1, -0.05) is 58.8 Å². The second kappa shape index (κ2) is 20.7. The Morgan fingerprint density at radius 1 is 1.02 bits per heavy atom. The first-order chi connectivity index (χ1) is 22.2. The molecule has 47 heavy (non-hydrogen) atoms. The van der Waals surface area contributed by atoms with Gasteiger partial charge in [-0.2, -0.15) is 13.2 Å². The molecule has 2 N–H and O–H groups in total. The van der Waals surface area contributed by atoms with Crippen LogP contribution >= 0.6 is 0 Å². The van der Waals surface area contributed by atoms with E-state index in [1.807, 2.05) is 52.9 Å². The average molecular weight is 653 g/mol. The molecule has 0 bridgehead atoms. The van der Waals surface area contributed by atoms with Gasteiger partial charge >= 0.3 is 6.18 Å². The minimum absolute atomic E-state index is 0.0763. The van der Waals surface area contributed by atoms with Gasteiger partial charge in [-0.15, -0.1) is 0 Å². The molecule has 1 heterocycles. The van der Waals surface area contributed by atoms with Crippen LogP contribution in [0.1, 0.15) is 92.2 Å². The molecule has 0 radical (unpaired) electrons. The Kier molecular flexibility index (Phi) is 17.9. The van der Waals surface area contributed by atoms with Gasteiger partial charge < -0.3 is 15.5 Å². The van der Waals surface area contributed by atoms with E-state index in [0.29, 0.717) is 12.1 Å². The monoisotopic (exact) mass is 652 g/mol. The average Bonchev–Trinajstić information content (AvgIpc) is 3.03. The van der Waals surface area contributed by atoms with Crippen LogP contribution in [0.15, 0.2) is 79.3 Å². The van der Waals surface area contributed by atoms with Crippen molar-refractivity contribution in [2.75, 3.05) is 17.3 Å². The topological polar surface area (TPSA) is 74.3 Å². The van der Waals surface area contributed by atoms with Gasteiger partial charge in [0.1, 0.15) is 0 Å². The molecule has 2 aromatic carbocycles. The largest absolute Gasteiger partial charge is 0.416 e. The summed E-state index contributed by atoms with van der Waals surface area (Å²) in [5, 5.41) is 4.97. The van der Waals surface area contributed by atoms with Crippen LogP contribution in [0, 0.1) is 19.8 Å². The Bertz CT molecular complexity index is 1470. The number of amides is 2. The van der Waals surface area contributed by atoms with Gasteiger partial charge in [0.05, 0.1) is 5.56 Å². The lowest BCUT2D eigenvalue weighted by atomic mass is 10.0. The molecule has 1 aromatic heterocycles. The molecule has 0 unspecified atom stereocenters. The zero-order valence-corrected chi connectivity index (χ0v) is 29.1. The molecule has 0 saturated carbocycles. The highest BCUT2D eigenvalue weighted by atomic mass is 19.4. The van der Waals surface area contributed by atoms with Gasteiger partial charge in [0.15, 0.2) is 0 Å². The van der Waals surface area contributed by atoms with Crippen molar-refractivity contribution in [2.45, 2.75) is 86.7 Å². The number of hydrogen-bond acceptors (Lipinski definition) is 4. The van der Waals surface area contributed by atoms with Crippen LogP contribution in [0.4, 0.5) is 24.5 Å². The van der Waals surface area contributed by atoms with E-state index in [4.69, 9.17) is 4.79 Å². The Balaban J connectivity index is 0.000000605. The summed E-state index contributed by atoms with van der Waals surface area (Å²) >= 11 is 0. The molecule has 0 aliphatic rings. The number of benzene rings is 2. The van der Waals surface area contributed by atoms with Crippen LogP contribution in [-0.4, -0.2) is 24.3 Å². The fourth-order valence-corrected chi connectivity index (χ4v) is 4.32. The summed E-state index contributed by atoms with van der Waals surface area (Å²) in [4.78, 5) is 27.6. The Labute approximate surface area is 279 Å². The number of carbonyl (C=O) groups excluding carboxylic acids is 2. The van der Waals surface area contributed by atoms with Crippen molar-refractivity contribution in [1.29, 1.82) is 0 Å². The summed E-state index contributed by atoms with van der Waals surface area (Å²) in [7, 11) is 1.56. The Morgan fingerprint density at radius 2 is 1.70 bits per heavy atom. The van der Waals surface area contributed by atoms with Crippen molar-refractivity contribution in [2.24, 2.45) is 5.92 Å². The van der Waals surface area contributed by atoms with E-state index in [9.17, 15) is 18.0 Å². The van der Waals surface area contributed by atoms with Crippen LogP contribution < -0.4 is 15.5 Å². The van der Waals surface area contributed by atoms with Gasteiger partial charge in [-0.3, -0.25) is 14.6 Å². The third kappa shape index (κ3) is 14.7. The van der Waals surface area contributed by atoms with Crippen molar-refractivity contribution >= 4 is 23.7 Å². The Morgan fingerprint density at radius 3 is 2.21 bits per heavy atom.